The minimum Gasteiger partial charge on any atom is -0.338 e. The normalized spacial score (nSPS) is 11.6. The minimum atomic E-state index is 0.982. The number of aryl methyl sites for hydroxylation is 2. The zero-order valence-electron chi connectivity index (χ0n) is 12.4. The number of hydrogen-bond acceptors (Lipinski definition) is 2. The highest BCUT2D eigenvalue weighted by Gasteiger charge is 2.00. The maximum absolute atomic E-state index is 4.34. The number of nitrogens with zero attached hydrogens (tertiary/aromatic N) is 3. The molecule has 0 unspecified atom stereocenters. The van der Waals surface area contributed by atoms with Crippen LogP contribution in [0.1, 0.15) is 17.8 Å². The van der Waals surface area contributed by atoms with Crippen LogP contribution >= 0.6 is 0 Å². The molecule has 0 N–H and O–H groups in total. The lowest BCUT2D eigenvalue weighted by Crippen LogP contribution is -2.20. The van der Waals surface area contributed by atoms with Crippen molar-refractivity contribution in [2.24, 2.45) is 7.05 Å². The molecule has 0 amide bonds. The van der Waals surface area contributed by atoms with E-state index in [-0.39, 0.29) is 0 Å². The molecule has 0 fully saturated rings. The SMILES string of the molecule is CN(CC=Cc1ccccc1)CCCc1nccn1C. The standard InChI is InChI=1S/C17H23N3/c1-19(13-6-10-16-8-4-3-5-9-16)14-7-11-17-18-12-15-20(17)2/h3-6,8-10,12,15H,7,11,13-14H2,1-2H3. The van der Waals surface area contributed by atoms with Crippen molar-refractivity contribution in [2.45, 2.75) is 12.8 Å². The maximum atomic E-state index is 4.34. The smallest absolute Gasteiger partial charge is 0.108 e. The van der Waals surface area contributed by atoms with Crippen LogP contribution in [0.2, 0.25) is 0 Å². The van der Waals surface area contributed by atoms with Crippen molar-refractivity contribution in [3.8, 4) is 0 Å². The third kappa shape index (κ3) is 4.67. The lowest BCUT2D eigenvalue weighted by molar-refractivity contribution is 0.362. The summed E-state index contributed by atoms with van der Waals surface area (Å²) in [5.74, 6) is 1.17. The van der Waals surface area contributed by atoms with Gasteiger partial charge in [-0.1, -0.05) is 42.5 Å². The van der Waals surface area contributed by atoms with E-state index in [9.17, 15) is 0 Å². The first kappa shape index (κ1) is 14.5. The molecule has 0 radical (unpaired) electrons. The summed E-state index contributed by atoms with van der Waals surface area (Å²) in [5, 5.41) is 0. The average molecular weight is 269 g/mol. The first-order valence-corrected chi connectivity index (χ1v) is 7.12. The van der Waals surface area contributed by atoms with Gasteiger partial charge in [0.25, 0.3) is 0 Å². The van der Waals surface area contributed by atoms with E-state index in [2.05, 4.69) is 65.0 Å². The Balaban J connectivity index is 1.67. The van der Waals surface area contributed by atoms with Gasteiger partial charge >= 0.3 is 0 Å². The van der Waals surface area contributed by atoms with Crippen LogP contribution in [0.5, 0.6) is 0 Å². The van der Waals surface area contributed by atoms with Crippen LogP contribution in [0.15, 0.2) is 48.8 Å². The summed E-state index contributed by atoms with van der Waals surface area (Å²) in [6.45, 7) is 2.07. The molecule has 0 saturated carbocycles. The lowest BCUT2D eigenvalue weighted by atomic mass is 10.2. The number of hydrogen-bond donors (Lipinski definition) is 0. The molecule has 0 saturated heterocycles. The fraction of sp³-hybridized carbons (Fsp3) is 0.353. The molecule has 0 bridgehead atoms. The number of aromatic nitrogens is 2. The van der Waals surface area contributed by atoms with Crippen LogP contribution in [0.25, 0.3) is 6.08 Å². The second-order valence-electron chi connectivity index (χ2n) is 5.13. The monoisotopic (exact) mass is 269 g/mol. The van der Waals surface area contributed by atoms with Gasteiger partial charge in [-0.3, -0.25) is 0 Å². The molecule has 2 aromatic rings. The van der Waals surface area contributed by atoms with Gasteiger partial charge in [-0.05, 0) is 25.6 Å². The predicted molar refractivity (Wildman–Crippen MR) is 84.5 cm³/mol. The van der Waals surface area contributed by atoms with Crippen molar-refractivity contribution in [2.75, 3.05) is 20.1 Å². The van der Waals surface area contributed by atoms with Crippen molar-refractivity contribution in [3.63, 3.8) is 0 Å². The summed E-state index contributed by atoms with van der Waals surface area (Å²) in [4.78, 5) is 6.68. The van der Waals surface area contributed by atoms with Crippen LogP contribution < -0.4 is 0 Å². The van der Waals surface area contributed by atoms with E-state index < -0.39 is 0 Å². The van der Waals surface area contributed by atoms with Crippen molar-refractivity contribution in [3.05, 3.63) is 60.2 Å². The Labute approximate surface area is 121 Å². The highest BCUT2D eigenvalue weighted by atomic mass is 15.1. The van der Waals surface area contributed by atoms with Gasteiger partial charge in [-0.15, -0.1) is 0 Å². The Kier molecular flexibility index (Phi) is 5.56. The molecule has 1 aromatic heterocycles. The number of imidazole rings is 1. The molecule has 3 nitrogen and oxygen atoms in total. The van der Waals surface area contributed by atoms with E-state index in [1.807, 2.05) is 18.5 Å². The number of benzene rings is 1. The van der Waals surface area contributed by atoms with Crippen molar-refractivity contribution in [1.82, 2.24) is 14.5 Å². The average Bonchev–Trinajstić information content (AvgIpc) is 2.86. The summed E-state index contributed by atoms with van der Waals surface area (Å²) >= 11 is 0. The summed E-state index contributed by atoms with van der Waals surface area (Å²) < 4.78 is 2.09. The Hall–Kier alpha value is -1.87. The maximum Gasteiger partial charge on any atom is 0.108 e. The van der Waals surface area contributed by atoms with E-state index in [1.54, 1.807) is 0 Å². The molecular formula is C17H23N3. The molecule has 0 aliphatic heterocycles. The van der Waals surface area contributed by atoms with E-state index in [0.29, 0.717) is 0 Å². The zero-order valence-corrected chi connectivity index (χ0v) is 12.4. The van der Waals surface area contributed by atoms with Crippen LogP contribution in [0, 0.1) is 0 Å². The predicted octanol–water partition coefficient (Wildman–Crippen LogP) is 3.00. The largest absolute Gasteiger partial charge is 0.338 e. The van der Waals surface area contributed by atoms with Gasteiger partial charge in [0.2, 0.25) is 0 Å². The molecule has 2 rings (SSSR count). The summed E-state index contributed by atoms with van der Waals surface area (Å²) in [6.07, 6.45) is 10.4. The molecule has 20 heavy (non-hydrogen) atoms. The Bertz CT molecular complexity index is 528. The minimum absolute atomic E-state index is 0.982. The van der Waals surface area contributed by atoms with E-state index in [0.717, 1.165) is 25.9 Å². The highest BCUT2D eigenvalue weighted by Crippen LogP contribution is 2.02. The van der Waals surface area contributed by atoms with Gasteiger partial charge in [0, 0.05) is 32.4 Å². The fourth-order valence-corrected chi connectivity index (χ4v) is 2.17. The molecule has 0 spiro atoms. The second kappa shape index (κ2) is 7.65. The Morgan fingerprint density at radius 1 is 1.25 bits per heavy atom. The van der Waals surface area contributed by atoms with Crippen LogP contribution in [-0.2, 0) is 13.5 Å². The molecule has 0 atom stereocenters. The highest BCUT2D eigenvalue weighted by molar-refractivity contribution is 5.48. The van der Waals surface area contributed by atoms with E-state index in [1.165, 1.54) is 11.4 Å². The topological polar surface area (TPSA) is 21.1 Å². The summed E-state index contributed by atoms with van der Waals surface area (Å²) in [6, 6.07) is 10.4. The van der Waals surface area contributed by atoms with Gasteiger partial charge in [0.15, 0.2) is 0 Å². The molecular weight excluding hydrogens is 246 g/mol. The van der Waals surface area contributed by atoms with Crippen LogP contribution in [-0.4, -0.2) is 34.6 Å². The van der Waals surface area contributed by atoms with Crippen LogP contribution in [0.3, 0.4) is 0 Å². The van der Waals surface area contributed by atoms with Crippen molar-refractivity contribution < 1.29 is 0 Å². The number of likely N-dealkylation sites (N-methyl/N-ethyl adjacent to an activating group) is 1. The van der Waals surface area contributed by atoms with Crippen molar-refractivity contribution >= 4 is 6.08 Å². The lowest BCUT2D eigenvalue weighted by Gasteiger charge is -2.13. The van der Waals surface area contributed by atoms with Crippen LogP contribution in [0.4, 0.5) is 0 Å². The van der Waals surface area contributed by atoms with Gasteiger partial charge in [0.1, 0.15) is 5.82 Å². The van der Waals surface area contributed by atoms with Gasteiger partial charge in [0.05, 0.1) is 0 Å². The molecule has 0 aliphatic rings. The molecule has 106 valence electrons. The zero-order chi connectivity index (χ0) is 14.2. The first-order valence-electron chi connectivity index (χ1n) is 7.12. The summed E-state index contributed by atoms with van der Waals surface area (Å²) in [7, 11) is 4.21. The second-order valence-corrected chi connectivity index (χ2v) is 5.13. The molecule has 0 aliphatic carbocycles. The first-order chi connectivity index (χ1) is 9.75. The van der Waals surface area contributed by atoms with E-state index in [4.69, 9.17) is 0 Å². The van der Waals surface area contributed by atoms with E-state index >= 15 is 0 Å². The molecule has 1 aromatic carbocycles. The quantitative estimate of drug-likeness (QED) is 0.770. The van der Waals surface area contributed by atoms with Gasteiger partial charge < -0.3 is 9.47 Å². The Morgan fingerprint density at radius 3 is 2.75 bits per heavy atom. The number of rotatable bonds is 7. The molecule has 3 heteroatoms. The third-order valence-corrected chi connectivity index (χ3v) is 3.39. The summed E-state index contributed by atoms with van der Waals surface area (Å²) in [5.41, 5.74) is 1.26. The fourth-order valence-electron chi connectivity index (χ4n) is 2.17. The van der Waals surface area contributed by atoms with Gasteiger partial charge in [-0.2, -0.15) is 0 Å². The molecule has 1 heterocycles. The van der Waals surface area contributed by atoms with Gasteiger partial charge in [-0.25, -0.2) is 4.98 Å². The van der Waals surface area contributed by atoms with Crippen molar-refractivity contribution in [1.29, 1.82) is 0 Å². The third-order valence-electron chi connectivity index (χ3n) is 3.39. The Morgan fingerprint density at radius 2 is 2.05 bits per heavy atom.